The molecule has 3 N–H and O–H groups in total. The second kappa shape index (κ2) is 9.02. The van der Waals surface area contributed by atoms with E-state index in [1.165, 1.54) is 22.0 Å². The van der Waals surface area contributed by atoms with E-state index in [4.69, 9.17) is 0 Å². The predicted molar refractivity (Wildman–Crippen MR) is 134 cm³/mol. The van der Waals surface area contributed by atoms with Crippen molar-refractivity contribution in [1.29, 1.82) is 0 Å². The van der Waals surface area contributed by atoms with Crippen molar-refractivity contribution in [3.63, 3.8) is 0 Å². The molecule has 1 aliphatic rings. The maximum absolute atomic E-state index is 13.1. The van der Waals surface area contributed by atoms with E-state index < -0.39 is 5.60 Å². The van der Waals surface area contributed by atoms with Crippen LogP contribution in [0.3, 0.4) is 0 Å². The summed E-state index contributed by atoms with van der Waals surface area (Å²) in [5.41, 5.74) is 2.93. The lowest BCUT2D eigenvalue weighted by Gasteiger charge is -2.18. The molecule has 0 spiro atoms. The van der Waals surface area contributed by atoms with Gasteiger partial charge in [0.15, 0.2) is 11.5 Å². The van der Waals surface area contributed by atoms with Crippen molar-refractivity contribution < 1.29 is 5.11 Å². The first-order valence-corrected chi connectivity index (χ1v) is 10.7. The first-order valence-electron chi connectivity index (χ1n) is 10.7. The number of benzene rings is 1. The highest BCUT2D eigenvalue weighted by molar-refractivity contribution is 5.85. The lowest BCUT2D eigenvalue weighted by molar-refractivity contribution is 0.0738. The zero-order valence-electron chi connectivity index (χ0n) is 18.9. The molecule has 4 heterocycles. The first kappa shape index (κ1) is 23.6. The number of allylic oxidation sites excluding steroid dienone is 1. The number of aliphatic hydroxyl groups is 1. The van der Waals surface area contributed by atoms with Crippen LogP contribution in [0.5, 0.6) is 0 Å². The molecule has 0 unspecified atom stereocenters. The third kappa shape index (κ3) is 4.21. The van der Waals surface area contributed by atoms with Gasteiger partial charge in [-0.25, -0.2) is 19.3 Å². The quantitative estimate of drug-likeness (QED) is 0.364. The van der Waals surface area contributed by atoms with E-state index in [0.29, 0.717) is 28.5 Å². The third-order valence-electron chi connectivity index (χ3n) is 5.65. The van der Waals surface area contributed by atoms with Crippen LogP contribution in [0.4, 0.5) is 11.6 Å². The smallest absolute Gasteiger partial charge is 0.278 e. The highest BCUT2D eigenvalue weighted by Crippen LogP contribution is 2.24. The van der Waals surface area contributed by atoms with E-state index in [1.807, 2.05) is 6.07 Å². The predicted octanol–water partition coefficient (Wildman–Crippen LogP) is 3.16. The Hall–Kier alpha value is -3.53. The molecule has 0 bridgehead atoms. The van der Waals surface area contributed by atoms with E-state index in [0.717, 1.165) is 18.8 Å². The molecule has 1 aliphatic heterocycles. The maximum atomic E-state index is 13.1. The van der Waals surface area contributed by atoms with Crippen LogP contribution < -0.4 is 16.2 Å². The van der Waals surface area contributed by atoms with E-state index in [-0.39, 0.29) is 24.5 Å². The summed E-state index contributed by atoms with van der Waals surface area (Å²) in [6.07, 6.45) is 3.17. The fraction of sp³-hybridized carbons (Fsp3) is 0.250. The highest BCUT2D eigenvalue weighted by Gasteiger charge is 2.22. The lowest BCUT2D eigenvalue weighted by atomic mass is 10.1. The van der Waals surface area contributed by atoms with Gasteiger partial charge in [-0.2, -0.15) is 4.98 Å². The van der Waals surface area contributed by atoms with Crippen molar-refractivity contribution >= 4 is 35.1 Å². The number of halogens is 1. The summed E-state index contributed by atoms with van der Waals surface area (Å²) in [5, 5.41) is 17.4. The molecule has 0 saturated heterocycles. The Balaban J connectivity index is 0.00000274. The van der Waals surface area contributed by atoms with Crippen LogP contribution in [-0.4, -0.2) is 29.4 Å². The van der Waals surface area contributed by atoms with Crippen molar-refractivity contribution in [2.45, 2.75) is 39.1 Å². The lowest BCUT2D eigenvalue weighted by Crippen LogP contribution is -2.23. The summed E-state index contributed by atoms with van der Waals surface area (Å²) in [4.78, 5) is 26.7. The topological polar surface area (TPSA) is 110 Å². The Morgan fingerprint density at radius 2 is 2.00 bits per heavy atom. The molecule has 0 fully saturated rings. The molecule has 0 radical (unpaired) electrons. The number of fused-ring (bicyclic) bond motifs is 2. The second-order valence-electron chi connectivity index (χ2n) is 8.57. The first-order chi connectivity index (χ1) is 15.8. The Morgan fingerprint density at radius 3 is 2.76 bits per heavy atom. The minimum absolute atomic E-state index is 0. The zero-order chi connectivity index (χ0) is 23.2. The van der Waals surface area contributed by atoms with Crippen molar-refractivity contribution in [2.24, 2.45) is 0 Å². The molecule has 0 atom stereocenters. The van der Waals surface area contributed by atoms with E-state index in [2.05, 4.69) is 44.3 Å². The summed E-state index contributed by atoms with van der Waals surface area (Å²) < 4.78 is 3.15. The Bertz CT molecular complexity index is 1440. The summed E-state index contributed by atoms with van der Waals surface area (Å²) in [6.45, 7) is 9.08. The van der Waals surface area contributed by atoms with Gasteiger partial charge in [0, 0.05) is 25.0 Å². The molecule has 176 valence electrons. The van der Waals surface area contributed by atoms with Gasteiger partial charge in [-0.15, -0.1) is 19.0 Å². The highest BCUT2D eigenvalue weighted by atomic mass is 35.5. The largest absolute Gasteiger partial charge is 0.384 e. The van der Waals surface area contributed by atoms with Crippen molar-refractivity contribution in [3.8, 4) is 5.82 Å². The molecule has 0 saturated carbocycles. The average Bonchev–Trinajstić information content (AvgIpc) is 3.36. The number of hydrogen-bond donors (Lipinski definition) is 3. The average molecular weight is 480 g/mol. The molecule has 0 amide bonds. The number of anilines is 2. The van der Waals surface area contributed by atoms with Gasteiger partial charge in [0.25, 0.3) is 5.56 Å². The minimum atomic E-state index is -1.13. The molecule has 0 aliphatic carbocycles. The summed E-state index contributed by atoms with van der Waals surface area (Å²) >= 11 is 0. The van der Waals surface area contributed by atoms with Crippen LogP contribution in [0.1, 0.15) is 30.7 Å². The summed E-state index contributed by atoms with van der Waals surface area (Å²) in [6, 6.07) is 11.5. The van der Waals surface area contributed by atoms with E-state index >= 15 is 0 Å². The molecule has 3 aromatic heterocycles. The normalized spacial score (nSPS) is 12.9. The summed E-state index contributed by atoms with van der Waals surface area (Å²) in [5.74, 6) is 0.841. The van der Waals surface area contributed by atoms with Crippen LogP contribution in [-0.2, 0) is 25.2 Å². The van der Waals surface area contributed by atoms with Gasteiger partial charge in [-0.3, -0.25) is 4.79 Å². The Morgan fingerprint density at radius 1 is 1.21 bits per heavy atom. The SMILES string of the molecule is C=CCn1c(=O)c2cnc(Nc3ccc4c(c3)CNC4)nc2n1-c1cccc(C(C)(C)O)n1.Cl. The standard InChI is InChI=1S/C24H25N7O2.ClH/c1-4-10-30-22(32)18-14-26-23(27-17-9-8-15-12-25-13-16(15)11-17)29-21(18)31(30)20-7-5-6-19(28-20)24(2,3)33;/h4-9,11,14,25,33H,1,10,12-13H2,2-3H3,(H,26,27,29);1H. The van der Waals surface area contributed by atoms with Crippen LogP contribution >= 0.6 is 12.4 Å². The number of pyridine rings is 1. The third-order valence-corrected chi connectivity index (χ3v) is 5.65. The monoisotopic (exact) mass is 479 g/mol. The van der Waals surface area contributed by atoms with Gasteiger partial charge < -0.3 is 15.7 Å². The van der Waals surface area contributed by atoms with Gasteiger partial charge in [0.1, 0.15) is 11.0 Å². The van der Waals surface area contributed by atoms with Crippen LogP contribution in [0, 0.1) is 0 Å². The van der Waals surface area contributed by atoms with Crippen molar-refractivity contribution in [1.82, 2.24) is 29.6 Å². The zero-order valence-corrected chi connectivity index (χ0v) is 19.8. The molecule has 5 rings (SSSR count). The fourth-order valence-corrected chi connectivity index (χ4v) is 3.99. The maximum Gasteiger partial charge on any atom is 0.278 e. The van der Waals surface area contributed by atoms with Crippen molar-refractivity contribution in [3.05, 3.63) is 82.4 Å². The van der Waals surface area contributed by atoms with Gasteiger partial charge >= 0.3 is 0 Å². The number of nitrogens with zero attached hydrogens (tertiary/aromatic N) is 5. The Kier molecular flexibility index (Phi) is 6.26. The molecular weight excluding hydrogens is 454 g/mol. The van der Waals surface area contributed by atoms with Gasteiger partial charge in [-0.1, -0.05) is 18.2 Å². The molecule has 10 heteroatoms. The molecule has 1 aromatic carbocycles. The van der Waals surface area contributed by atoms with Crippen LogP contribution in [0.2, 0.25) is 0 Å². The molecule has 9 nitrogen and oxygen atoms in total. The van der Waals surface area contributed by atoms with Crippen molar-refractivity contribution in [2.75, 3.05) is 5.32 Å². The summed E-state index contributed by atoms with van der Waals surface area (Å²) in [7, 11) is 0. The number of aromatic nitrogens is 5. The van der Waals surface area contributed by atoms with E-state index in [1.54, 1.807) is 42.8 Å². The fourth-order valence-electron chi connectivity index (χ4n) is 3.99. The van der Waals surface area contributed by atoms with Gasteiger partial charge in [0.2, 0.25) is 5.95 Å². The second-order valence-corrected chi connectivity index (χ2v) is 8.57. The minimum Gasteiger partial charge on any atom is -0.384 e. The van der Waals surface area contributed by atoms with Crippen LogP contribution in [0.25, 0.3) is 16.9 Å². The molecule has 4 aromatic rings. The molecule has 34 heavy (non-hydrogen) atoms. The van der Waals surface area contributed by atoms with E-state index in [9.17, 15) is 9.90 Å². The molecular formula is C24H26ClN7O2. The number of hydrogen-bond acceptors (Lipinski definition) is 7. The van der Waals surface area contributed by atoms with Gasteiger partial charge in [-0.05, 0) is 49.2 Å². The Labute approximate surface area is 202 Å². The number of rotatable bonds is 6. The van der Waals surface area contributed by atoms with Crippen LogP contribution in [0.15, 0.2) is 60.0 Å². The van der Waals surface area contributed by atoms with Gasteiger partial charge in [0.05, 0.1) is 12.2 Å². The number of nitrogens with one attached hydrogen (secondary N) is 2.